The van der Waals surface area contributed by atoms with Gasteiger partial charge in [-0.05, 0) is 19.1 Å². The van der Waals surface area contributed by atoms with Gasteiger partial charge in [0, 0.05) is 51.8 Å². The molecule has 0 saturated carbocycles. The van der Waals surface area contributed by atoms with E-state index in [2.05, 4.69) is 10.2 Å². The van der Waals surface area contributed by atoms with E-state index < -0.39 is 0 Å². The molecule has 132 valence electrons. The lowest BCUT2D eigenvalue weighted by atomic mass is 10.2. The molecule has 2 rings (SSSR count). The number of aryl methyl sites for hydroxylation is 1. The third-order valence-electron chi connectivity index (χ3n) is 4.14. The summed E-state index contributed by atoms with van der Waals surface area (Å²) in [4.78, 5) is 27.8. The fraction of sp³-hybridized carbons (Fsp3) is 0.556. The van der Waals surface area contributed by atoms with Gasteiger partial charge < -0.3 is 15.0 Å². The average Bonchev–Trinajstić information content (AvgIpc) is 2.57. The maximum atomic E-state index is 12.0. The van der Waals surface area contributed by atoms with E-state index in [1.807, 2.05) is 31.2 Å². The van der Waals surface area contributed by atoms with Gasteiger partial charge in [-0.15, -0.1) is 0 Å². The number of ether oxygens (including phenoxy) is 1. The summed E-state index contributed by atoms with van der Waals surface area (Å²) in [5, 5.41) is 2.93. The van der Waals surface area contributed by atoms with Gasteiger partial charge in [0.2, 0.25) is 11.8 Å². The maximum Gasteiger partial charge on any atom is 0.223 e. The fourth-order valence-electron chi connectivity index (χ4n) is 2.67. The molecule has 0 spiro atoms. The molecule has 6 nitrogen and oxygen atoms in total. The Bertz CT molecular complexity index is 539. The van der Waals surface area contributed by atoms with Crippen molar-refractivity contribution in [3.63, 3.8) is 0 Å². The molecular formula is C18H27N3O3. The summed E-state index contributed by atoms with van der Waals surface area (Å²) >= 11 is 0. The standard InChI is InChI=1S/C18H27N3O3/c1-15-3-5-17(6-4-15)21(16(2)22)9-7-18(23)19-8-10-20-11-13-24-14-12-20/h3-6H,7-14H2,1-2H3,(H,19,23). The van der Waals surface area contributed by atoms with Crippen LogP contribution in [0.25, 0.3) is 0 Å². The first-order valence-electron chi connectivity index (χ1n) is 8.48. The SMILES string of the molecule is CC(=O)N(CCC(=O)NCCN1CCOCC1)c1ccc(C)cc1. The quantitative estimate of drug-likeness (QED) is 0.814. The lowest BCUT2D eigenvalue weighted by molar-refractivity contribution is -0.121. The number of carbonyl (C=O) groups excluding carboxylic acids is 2. The Morgan fingerprint density at radius 3 is 2.50 bits per heavy atom. The number of hydrogen-bond donors (Lipinski definition) is 1. The van der Waals surface area contributed by atoms with Crippen LogP contribution in [0, 0.1) is 6.92 Å². The van der Waals surface area contributed by atoms with Crippen LogP contribution in [0.2, 0.25) is 0 Å². The highest BCUT2D eigenvalue weighted by Gasteiger charge is 2.14. The van der Waals surface area contributed by atoms with Gasteiger partial charge in [0.05, 0.1) is 13.2 Å². The van der Waals surface area contributed by atoms with E-state index in [9.17, 15) is 9.59 Å². The Balaban J connectivity index is 1.73. The Labute approximate surface area is 143 Å². The average molecular weight is 333 g/mol. The Kier molecular flexibility index (Phi) is 7.21. The predicted octanol–water partition coefficient (Wildman–Crippen LogP) is 1.19. The molecular weight excluding hydrogens is 306 g/mol. The van der Waals surface area contributed by atoms with E-state index in [0.717, 1.165) is 44.1 Å². The second-order valence-corrected chi connectivity index (χ2v) is 6.06. The van der Waals surface area contributed by atoms with Crippen molar-refractivity contribution in [3.05, 3.63) is 29.8 Å². The van der Waals surface area contributed by atoms with Crippen LogP contribution in [0.15, 0.2) is 24.3 Å². The minimum atomic E-state index is -0.0556. The van der Waals surface area contributed by atoms with Gasteiger partial charge in [-0.25, -0.2) is 0 Å². The third kappa shape index (κ3) is 5.94. The van der Waals surface area contributed by atoms with Crippen molar-refractivity contribution in [2.45, 2.75) is 20.3 Å². The number of amides is 2. The summed E-state index contributed by atoms with van der Waals surface area (Å²) in [6.45, 7) is 8.74. The summed E-state index contributed by atoms with van der Waals surface area (Å²) in [6, 6.07) is 7.75. The molecule has 2 amide bonds. The van der Waals surface area contributed by atoms with Gasteiger partial charge in [0.25, 0.3) is 0 Å². The van der Waals surface area contributed by atoms with Gasteiger partial charge in [0.1, 0.15) is 0 Å². The van der Waals surface area contributed by atoms with Crippen molar-refractivity contribution >= 4 is 17.5 Å². The highest BCUT2D eigenvalue weighted by Crippen LogP contribution is 2.15. The second kappa shape index (κ2) is 9.39. The Morgan fingerprint density at radius 2 is 1.88 bits per heavy atom. The topological polar surface area (TPSA) is 61.9 Å². The molecule has 0 aliphatic carbocycles. The molecule has 0 aromatic heterocycles. The number of benzene rings is 1. The highest BCUT2D eigenvalue weighted by atomic mass is 16.5. The van der Waals surface area contributed by atoms with Crippen LogP contribution >= 0.6 is 0 Å². The number of rotatable bonds is 7. The minimum Gasteiger partial charge on any atom is -0.379 e. The number of hydrogen-bond acceptors (Lipinski definition) is 4. The normalized spacial score (nSPS) is 15.1. The van der Waals surface area contributed by atoms with Crippen LogP contribution < -0.4 is 10.2 Å². The van der Waals surface area contributed by atoms with Gasteiger partial charge in [0.15, 0.2) is 0 Å². The predicted molar refractivity (Wildman–Crippen MR) is 94.1 cm³/mol. The van der Waals surface area contributed by atoms with Crippen LogP contribution in [-0.2, 0) is 14.3 Å². The van der Waals surface area contributed by atoms with Crippen molar-refractivity contribution in [2.24, 2.45) is 0 Å². The van der Waals surface area contributed by atoms with E-state index >= 15 is 0 Å². The summed E-state index contributed by atoms with van der Waals surface area (Å²) in [6.07, 6.45) is 0.302. The van der Waals surface area contributed by atoms with Gasteiger partial charge >= 0.3 is 0 Å². The molecule has 0 bridgehead atoms. The van der Waals surface area contributed by atoms with E-state index in [0.29, 0.717) is 19.5 Å². The molecule has 1 aliphatic heterocycles. The van der Waals surface area contributed by atoms with Crippen molar-refractivity contribution in [2.75, 3.05) is 50.8 Å². The van der Waals surface area contributed by atoms with Crippen LogP contribution in [0.1, 0.15) is 18.9 Å². The van der Waals surface area contributed by atoms with Gasteiger partial charge in [-0.1, -0.05) is 17.7 Å². The molecule has 0 atom stereocenters. The summed E-state index contributed by atoms with van der Waals surface area (Å²) < 4.78 is 5.30. The third-order valence-corrected chi connectivity index (χ3v) is 4.14. The molecule has 1 N–H and O–H groups in total. The van der Waals surface area contributed by atoms with E-state index in [-0.39, 0.29) is 11.8 Å². The van der Waals surface area contributed by atoms with Crippen LogP contribution in [0.5, 0.6) is 0 Å². The van der Waals surface area contributed by atoms with Crippen LogP contribution in [0.4, 0.5) is 5.69 Å². The number of carbonyl (C=O) groups is 2. The Morgan fingerprint density at radius 1 is 1.21 bits per heavy atom. The molecule has 0 unspecified atom stereocenters. The lowest BCUT2D eigenvalue weighted by Crippen LogP contribution is -2.42. The monoisotopic (exact) mass is 333 g/mol. The summed E-state index contributed by atoms with van der Waals surface area (Å²) in [5.74, 6) is -0.0819. The number of nitrogens with zero attached hydrogens (tertiary/aromatic N) is 2. The van der Waals surface area contributed by atoms with Crippen molar-refractivity contribution in [1.29, 1.82) is 0 Å². The van der Waals surface area contributed by atoms with Gasteiger partial charge in [-0.3, -0.25) is 14.5 Å². The van der Waals surface area contributed by atoms with Crippen molar-refractivity contribution < 1.29 is 14.3 Å². The second-order valence-electron chi connectivity index (χ2n) is 6.06. The van der Waals surface area contributed by atoms with E-state index in [1.165, 1.54) is 6.92 Å². The van der Waals surface area contributed by atoms with Gasteiger partial charge in [-0.2, -0.15) is 0 Å². The first-order chi connectivity index (χ1) is 11.6. The molecule has 24 heavy (non-hydrogen) atoms. The number of anilines is 1. The fourth-order valence-corrected chi connectivity index (χ4v) is 2.67. The molecule has 1 aromatic carbocycles. The highest BCUT2D eigenvalue weighted by molar-refractivity contribution is 5.92. The number of morpholine rings is 1. The molecule has 1 heterocycles. The Hall–Kier alpha value is -1.92. The van der Waals surface area contributed by atoms with E-state index in [1.54, 1.807) is 4.90 Å². The number of nitrogens with one attached hydrogen (secondary N) is 1. The zero-order chi connectivity index (χ0) is 17.4. The first-order valence-corrected chi connectivity index (χ1v) is 8.48. The zero-order valence-corrected chi connectivity index (χ0v) is 14.6. The van der Waals surface area contributed by atoms with Crippen LogP contribution in [0.3, 0.4) is 0 Å². The minimum absolute atomic E-state index is 0.0263. The largest absolute Gasteiger partial charge is 0.379 e. The lowest BCUT2D eigenvalue weighted by Gasteiger charge is -2.26. The van der Waals surface area contributed by atoms with Crippen molar-refractivity contribution in [1.82, 2.24) is 10.2 Å². The van der Waals surface area contributed by atoms with E-state index in [4.69, 9.17) is 4.74 Å². The maximum absolute atomic E-state index is 12.0. The molecule has 6 heteroatoms. The first kappa shape index (κ1) is 18.4. The smallest absolute Gasteiger partial charge is 0.223 e. The molecule has 1 saturated heterocycles. The molecule has 0 radical (unpaired) electrons. The van der Waals surface area contributed by atoms with Crippen LogP contribution in [-0.4, -0.2) is 62.7 Å². The molecule has 1 fully saturated rings. The molecule has 1 aromatic rings. The summed E-state index contributed by atoms with van der Waals surface area (Å²) in [5.41, 5.74) is 1.97. The van der Waals surface area contributed by atoms with Crippen molar-refractivity contribution in [3.8, 4) is 0 Å². The zero-order valence-electron chi connectivity index (χ0n) is 14.6. The molecule has 1 aliphatic rings. The summed E-state index contributed by atoms with van der Waals surface area (Å²) in [7, 11) is 0.